The molecule has 8 saturated carbocycles. The Morgan fingerprint density at radius 2 is 1.56 bits per heavy atom. The average Bonchev–Trinajstić information content (AvgIpc) is 2.55. The van der Waals surface area contributed by atoms with E-state index in [0.717, 1.165) is 63.9 Å². The van der Waals surface area contributed by atoms with E-state index in [1.54, 1.807) is 0 Å². The summed E-state index contributed by atoms with van der Waals surface area (Å²) in [6.45, 7) is 3.24. The molecule has 0 amide bonds. The Balaban J connectivity index is 0.880. The molecule has 4 aliphatic heterocycles. The Morgan fingerprint density at radius 1 is 0.823 bits per heavy atom. The predicted molar refractivity (Wildman–Crippen MR) is 290 cm³/mol. The summed E-state index contributed by atoms with van der Waals surface area (Å²) in [5.41, 5.74) is 9.16. The van der Waals surface area contributed by atoms with Crippen molar-refractivity contribution < 1.29 is 64.3 Å². The Hall–Kier alpha value is -3.64. The number of carbonyl (C=O) groups excluding carboxylic acids is 1. The van der Waals surface area contributed by atoms with Gasteiger partial charge in [-0.25, -0.2) is 4.79 Å². The second-order valence-corrected chi connectivity index (χ2v) is 29.1. The lowest BCUT2D eigenvalue weighted by Crippen LogP contribution is -2.81. The maximum Gasteiger partial charge on any atom is 0.335 e. The molecule has 15 unspecified atom stereocenters. The smallest absolute Gasteiger partial charge is 0.335 e. The number of allylic oxidation sites excluding steroid dienone is 1. The Kier molecular flexibility index (Phi) is 11.5. The van der Waals surface area contributed by atoms with Crippen molar-refractivity contribution in [2.75, 3.05) is 26.4 Å². The quantitative estimate of drug-likeness (QED) is 0.0930. The highest BCUT2D eigenvalue weighted by molar-refractivity contribution is 6.11. The van der Waals surface area contributed by atoms with Crippen LogP contribution in [-0.4, -0.2) is 121 Å². The zero-order valence-corrected chi connectivity index (χ0v) is 46.4. The fraction of sp³-hybridized carbons (Fsp3) is 0.750. The number of hydrogen-bond donors (Lipinski definition) is 9. The normalized spacial score (nSPS) is 44.8. The summed E-state index contributed by atoms with van der Waals surface area (Å²) >= 11 is 0. The van der Waals surface area contributed by atoms with Crippen LogP contribution in [0, 0.1) is 57.2 Å². The van der Waals surface area contributed by atoms with Gasteiger partial charge in [-0.1, -0.05) is 38.2 Å². The zero-order valence-electron chi connectivity index (χ0n) is 46.4. The summed E-state index contributed by atoms with van der Waals surface area (Å²) in [5.74, 6) is -3.23. The van der Waals surface area contributed by atoms with E-state index in [2.05, 4.69) is 16.9 Å². The molecule has 0 radical (unpaired) electrons. The van der Waals surface area contributed by atoms with Crippen LogP contribution in [0.5, 0.6) is 17.2 Å². The number of nitrogens with one attached hydrogen (secondary N) is 2. The molecule has 13 aliphatic rings. The van der Waals surface area contributed by atoms with Gasteiger partial charge in [0.25, 0.3) is 0 Å². The molecule has 2 aromatic carbocycles. The van der Waals surface area contributed by atoms with Crippen molar-refractivity contribution in [2.24, 2.45) is 50.2 Å². The van der Waals surface area contributed by atoms with Crippen LogP contribution < -0.4 is 15.6 Å². The maximum absolute atomic E-state index is 13.6. The number of hydrazine groups is 1. The molecule has 428 valence electrons. The van der Waals surface area contributed by atoms with Gasteiger partial charge in [0, 0.05) is 47.1 Å². The molecule has 2 bridgehead atoms. The van der Waals surface area contributed by atoms with Gasteiger partial charge in [0.15, 0.2) is 5.78 Å². The topological polar surface area (TPSA) is 237 Å². The highest BCUT2D eigenvalue weighted by Crippen LogP contribution is 2.80. The molecular formula is C64H84N2O13. The third-order valence-corrected chi connectivity index (χ3v) is 25.9. The number of phenolic OH excluding ortho intramolecular Hbond substituents is 2. The molecule has 2 aromatic rings. The second kappa shape index (κ2) is 17.5. The number of aliphatic hydroxyl groups excluding tert-OH is 4. The van der Waals surface area contributed by atoms with Gasteiger partial charge < -0.3 is 54.7 Å². The Morgan fingerprint density at radius 3 is 2.29 bits per heavy atom. The molecule has 79 heavy (non-hydrogen) atoms. The molecule has 15 rings (SSSR count). The Labute approximate surface area is 463 Å². The number of phenols is 2. The van der Waals surface area contributed by atoms with Crippen LogP contribution in [-0.2, 0) is 14.2 Å². The first-order chi connectivity index (χ1) is 37.9. The van der Waals surface area contributed by atoms with E-state index in [1.807, 2.05) is 0 Å². The van der Waals surface area contributed by atoms with Gasteiger partial charge in [0.1, 0.15) is 41.2 Å². The highest BCUT2D eigenvalue weighted by Gasteiger charge is 2.78. The average molecular weight is 1090 g/mol. The van der Waals surface area contributed by atoms with Crippen LogP contribution in [0.2, 0.25) is 0 Å². The lowest BCUT2D eigenvalue weighted by Gasteiger charge is -2.71. The lowest BCUT2D eigenvalue weighted by atomic mass is 9.39. The molecule has 8 spiro atoms. The number of aromatic carboxylic acids is 1. The molecule has 11 fully saturated rings. The van der Waals surface area contributed by atoms with Crippen LogP contribution in [0.25, 0.3) is 10.8 Å². The molecule has 15 nitrogen and oxygen atoms in total. The van der Waals surface area contributed by atoms with Crippen LogP contribution in [0.4, 0.5) is 0 Å². The van der Waals surface area contributed by atoms with Crippen molar-refractivity contribution in [3.63, 3.8) is 0 Å². The number of aromatic hydroxyl groups is 2. The van der Waals surface area contributed by atoms with E-state index < -0.39 is 76.6 Å². The van der Waals surface area contributed by atoms with E-state index >= 15 is 0 Å². The van der Waals surface area contributed by atoms with Gasteiger partial charge in [-0.15, -0.1) is 0 Å². The van der Waals surface area contributed by atoms with Gasteiger partial charge in [-0.05, 0) is 210 Å². The summed E-state index contributed by atoms with van der Waals surface area (Å²) in [5, 5.41) is 83.2. The highest BCUT2D eigenvalue weighted by atomic mass is 16.7. The Bertz CT molecular complexity index is 2990. The minimum absolute atomic E-state index is 0.00664. The molecule has 4 heterocycles. The van der Waals surface area contributed by atoms with Crippen LogP contribution in [0.1, 0.15) is 194 Å². The number of carboxylic acid groups (broad SMARTS) is 1. The number of hydrogen-bond acceptors (Lipinski definition) is 14. The number of carbonyl (C=O) groups is 2. The molecular weight excluding hydrogens is 1000 g/mol. The van der Waals surface area contributed by atoms with Gasteiger partial charge >= 0.3 is 5.97 Å². The number of fused-ring (bicyclic) bond motifs is 4. The number of rotatable bonds is 7. The van der Waals surface area contributed by atoms with Crippen molar-refractivity contribution in [3.05, 3.63) is 51.6 Å². The first-order valence-electron chi connectivity index (χ1n) is 30.8. The van der Waals surface area contributed by atoms with Crippen LogP contribution >= 0.6 is 0 Å². The van der Waals surface area contributed by atoms with Gasteiger partial charge in [0.2, 0.25) is 6.29 Å². The number of aliphatic hydroxyl groups is 4. The summed E-state index contributed by atoms with van der Waals surface area (Å²) in [6.07, 6.45) is 22.9. The van der Waals surface area contributed by atoms with Crippen LogP contribution in [0.15, 0.2) is 34.9 Å². The second-order valence-electron chi connectivity index (χ2n) is 29.1. The maximum atomic E-state index is 13.6. The fourth-order valence-electron chi connectivity index (χ4n) is 23.3. The first kappa shape index (κ1) is 52.2. The number of carboxylic acids is 1. The molecule has 9 N–H and O–H groups in total. The van der Waals surface area contributed by atoms with Crippen molar-refractivity contribution in [3.8, 4) is 17.2 Å². The van der Waals surface area contributed by atoms with E-state index in [9.17, 15) is 45.3 Å². The summed E-state index contributed by atoms with van der Waals surface area (Å²) in [6, 6.07) is 2.60. The van der Waals surface area contributed by atoms with Crippen LogP contribution in [0.3, 0.4) is 0 Å². The molecule has 0 aromatic heterocycles. The van der Waals surface area contributed by atoms with Crippen molar-refractivity contribution in [1.29, 1.82) is 0 Å². The number of Topliss-reactive ketones (excluding diaryl/α,β-unsaturated/α-hetero) is 1. The summed E-state index contributed by atoms with van der Waals surface area (Å²) in [7, 11) is 0. The third kappa shape index (κ3) is 6.80. The summed E-state index contributed by atoms with van der Waals surface area (Å²) in [4.78, 5) is 25.7. The van der Waals surface area contributed by atoms with Crippen molar-refractivity contribution >= 4 is 22.5 Å². The van der Waals surface area contributed by atoms with Gasteiger partial charge in [-0.2, -0.15) is 0 Å². The molecule has 15 heteroatoms. The van der Waals surface area contributed by atoms with E-state index in [1.165, 1.54) is 114 Å². The van der Waals surface area contributed by atoms with Gasteiger partial charge in [0.05, 0.1) is 35.3 Å². The molecule has 15 atom stereocenters. The lowest BCUT2D eigenvalue weighted by molar-refractivity contribution is -0.349. The minimum Gasteiger partial charge on any atom is -0.507 e. The third-order valence-electron chi connectivity index (χ3n) is 25.9. The molecule has 9 aliphatic carbocycles. The fourth-order valence-corrected chi connectivity index (χ4v) is 23.3. The van der Waals surface area contributed by atoms with E-state index in [0.29, 0.717) is 43.3 Å². The van der Waals surface area contributed by atoms with Gasteiger partial charge in [-0.3, -0.25) is 15.6 Å². The monoisotopic (exact) mass is 1090 g/mol. The molecule has 3 saturated heterocycles. The van der Waals surface area contributed by atoms with E-state index in [4.69, 9.17) is 18.9 Å². The van der Waals surface area contributed by atoms with Crippen molar-refractivity contribution in [1.82, 2.24) is 10.9 Å². The van der Waals surface area contributed by atoms with Crippen molar-refractivity contribution in [2.45, 2.75) is 222 Å². The standard InChI is InChI=1S/C64H84N2O13/c1-35-46(36(2)69)50(71)47-39(49(35)70)23-37(54(74)75)24-43(47)77-55-51(72)53(73)64(45(28-68)78-55)26-42-48-40(9-10-41(48)62(79-64)18-7-15-56(31-62)11-3-4-12-56)61(21-22-67)34-76-29-38-25-58-32-60(27-44(58)65-66-63(42,33-58)52(38)61)17-8-16-59(60)20-19-57(30-59)13-5-6-14-57/h9,23-24,38,42,44-45,51-53,55,65-68,70-73H,3-8,10-22,25-34H2,1-2H3,(H,74,75). The van der Waals surface area contributed by atoms with E-state index in [-0.39, 0.29) is 86.3 Å². The predicted octanol–water partition coefficient (Wildman–Crippen LogP) is 8.89. The zero-order chi connectivity index (χ0) is 54.5. The largest absolute Gasteiger partial charge is 0.507 e. The number of benzene rings is 2. The SMILES string of the molecule is CC(=O)c1c(C)c(O)c2cc(C(=O)O)cc(OC3OC(CO)C4(CC5C6=C(CC=C6C6(CCO)COCC7CC89CC5(NNC8CC5(CCCC58CCC5(CCCC5)C8)C9)C76)C5(CCCC6(CCCC6)C5)O4)C(O)C3O)c2c1O. The number of ketones is 1. The minimum atomic E-state index is -1.84. The summed E-state index contributed by atoms with van der Waals surface area (Å²) < 4.78 is 28.5. The first-order valence-corrected chi connectivity index (χ1v) is 30.8. The number of ether oxygens (including phenoxy) is 4.